The Morgan fingerprint density at radius 3 is 2.89 bits per heavy atom. The minimum Gasteiger partial charge on any atom is -0.383 e. The molecule has 0 atom stereocenters. The van der Waals surface area contributed by atoms with E-state index in [9.17, 15) is 0 Å². The molecule has 2 aromatic rings. The fourth-order valence-electron chi connectivity index (χ4n) is 1.98. The Morgan fingerprint density at radius 2 is 2.11 bits per heavy atom. The van der Waals surface area contributed by atoms with E-state index >= 15 is 0 Å². The summed E-state index contributed by atoms with van der Waals surface area (Å²) in [5.74, 6) is 1.08. The van der Waals surface area contributed by atoms with Gasteiger partial charge in [0, 0.05) is 32.6 Å². The molecule has 102 valence electrons. The third-order valence-electron chi connectivity index (χ3n) is 3.05. The molecule has 0 aliphatic heterocycles. The first-order chi connectivity index (χ1) is 9.40. The molecular formula is C15H21N3O. The molecule has 0 unspecified atom stereocenters. The van der Waals surface area contributed by atoms with Gasteiger partial charge in [-0.2, -0.15) is 0 Å². The molecule has 0 spiro atoms. The van der Waals surface area contributed by atoms with Crippen LogP contribution in [0.5, 0.6) is 0 Å². The van der Waals surface area contributed by atoms with Crippen LogP contribution in [0.3, 0.4) is 0 Å². The molecular weight excluding hydrogens is 238 g/mol. The molecule has 0 radical (unpaired) electrons. The molecule has 0 saturated heterocycles. The Balaban J connectivity index is 1.82. The summed E-state index contributed by atoms with van der Waals surface area (Å²) in [6.07, 6.45) is 4.93. The zero-order chi connectivity index (χ0) is 13.3. The van der Waals surface area contributed by atoms with E-state index in [2.05, 4.69) is 39.1 Å². The van der Waals surface area contributed by atoms with E-state index in [4.69, 9.17) is 4.74 Å². The van der Waals surface area contributed by atoms with Crippen molar-refractivity contribution in [2.45, 2.75) is 19.5 Å². The van der Waals surface area contributed by atoms with Crippen molar-refractivity contribution in [1.82, 2.24) is 14.9 Å². The Labute approximate surface area is 114 Å². The summed E-state index contributed by atoms with van der Waals surface area (Å²) in [6, 6.07) is 10.5. The van der Waals surface area contributed by atoms with E-state index in [1.54, 1.807) is 7.11 Å². The van der Waals surface area contributed by atoms with Crippen molar-refractivity contribution < 1.29 is 4.74 Å². The van der Waals surface area contributed by atoms with Gasteiger partial charge < -0.3 is 14.6 Å². The molecule has 1 aromatic carbocycles. The van der Waals surface area contributed by atoms with E-state index < -0.39 is 0 Å². The van der Waals surface area contributed by atoms with Crippen LogP contribution in [0.2, 0.25) is 0 Å². The summed E-state index contributed by atoms with van der Waals surface area (Å²) >= 11 is 0. The fourth-order valence-corrected chi connectivity index (χ4v) is 1.98. The number of rotatable bonds is 8. The van der Waals surface area contributed by atoms with Gasteiger partial charge >= 0.3 is 0 Å². The maximum atomic E-state index is 5.01. The van der Waals surface area contributed by atoms with Crippen molar-refractivity contribution in [3.8, 4) is 0 Å². The number of aryl methyl sites for hydroxylation is 2. The average molecular weight is 259 g/mol. The highest BCUT2D eigenvalue weighted by molar-refractivity contribution is 5.14. The van der Waals surface area contributed by atoms with E-state index in [1.807, 2.05) is 18.5 Å². The first-order valence-corrected chi connectivity index (χ1v) is 6.63. The first-order valence-electron chi connectivity index (χ1n) is 6.63. The number of hydrogen-bond acceptors (Lipinski definition) is 3. The lowest BCUT2D eigenvalue weighted by Crippen LogP contribution is -2.21. The van der Waals surface area contributed by atoms with Crippen LogP contribution < -0.4 is 5.32 Å². The van der Waals surface area contributed by atoms with Crippen LogP contribution in [0.4, 0.5) is 0 Å². The average Bonchev–Trinajstić information content (AvgIpc) is 2.90. The number of ether oxygens (including phenoxy) is 1. The highest BCUT2D eigenvalue weighted by Crippen LogP contribution is 2.04. The van der Waals surface area contributed by atoms with Crippen molar-refractivity contribution in [3.05, 3.63) is 54.1 Å². The molecule has 0 fully saturated rings. The van der Waals surface area contributed by atoms with Gasteiger partial charge in [-0.25, -0.2) is 4.98 Å². The van der Waals surface area contributed by atoms with Crippen molar-refractivity contribution in [1.29, 1.82) is 0 Å². The predicted octanol–water partition coefficient (Wildman–Crippen LogP) is 1.86. The normalized spacial score (nSPS) is 10.8. The quantitative estimate of drug-likeness (QED) is 0.736. The minimum absolute atomic E-state index is 0.727. The van der Waals surface area contributed by atoms with E-state index in [0.29, 0.717) is 0 Å². The van der Waals surface area contributed by atoms with Gasteiger partial charge in [0.25, 0.3) is 0 Å². The number of methoxy groups -OCH3 is 1. The summed E-state index contributed by atoms with van der Waals surface area (Å²) in [7, 11) is 1.71. The molecule has 4 nitrogen and oxygen atoms in total. The zero-order valence-corrected chi connectivity index (χ0v) is 11.4. The van der Waals surface area contributed by atoms with E-state index in [-0.39, 0.29) is 0 Å². The Bertz CT molecular complexity index is 467. The Kier molecular flexibility index (Phi) is 5.59. The third-order valence-corrected chi connectivity index (χ3v) is 3.05. The van der Waals surface area contributed by atoms with Crippen LogP contribution in [0.25, 0.3) is 0 Å². The van der Waals surface area contributed by atoms with Crippen LogP contribution in [-0.2, 0) is 24.2 Å². The first kappa shape index (κ1) is 13.8. The number of nitrogens with zero attached hydrogens (tertiary/aromatic N) is 2. The van der Waals surface area contributed by atoms with Crippen molar-refractivity contribution in [2.75, 3.05) is 20.3 Å². The van der Waals surface area contributed by atoms with Gasteiger partial charge in [0.15, 0.2) is 0 Å². The molecule has 0 aliphatic carbocycles. The summed E-state index contributed by atoms with van der Waals surface area (Å²) in [4.78, 5) is 4.39. The van der Waals surface area contributed by atoms with E-state index in [0.717, 1.165) is 38.5 Å². The largest absolute Gasteiger partial charge is 0.383 e. The molecule has 0 amide bonds. The van der Waals surface area contributed by atoms with Gasteiger partial charge in [0.2, 0.25) is 0 Å². The van der Waals surface area contributed by atoms with Crippen LogP contribution in [0, 0.1) is 0 Å². The van der Waals surface area contributed by atoms with Crippen molar-refractivity contribution in [2.24, 2.45) is 0 Å². The molecule has 1 aromatic heterocycles. The highest BCUT2D eigenvalue weighted by atomic mass is 16.5. The lowest BCUT2D eigenvalue weighted by Gasteiger charge is -2.09. The Hall–Kier alpha value is -1.65. The topological polar surface area (TPSA) is 39.1 Å². The zero-order valence-electron chi connectivity index (χ0n) is 11.4. The smallest absolute Gasteiger partial charge is 0.122 e. The Morgan fingerprint density at radius 1 is 1.26 bits per heavy atom. The lowest BCUT2D eigenvalue weighted by molar-refractivity contribution is 0.199. The second kappa shape index (κ2) is 7.71. The summed E-state index contributed by atoms with van der Waals surface area (Å²) in [5, 5.41) is 3.32. The molecule has 0 bridgehead atoms. The highest BCUT2D eigenvalue weighted by Gasteiger charge is 2.02. The molecule has 0 saturated carbocycles. The SMILES string of the molecule is COCCNCc1nccn1CCc1ccccc1. The molecule has 1 N–H and O–H groups in total. The van der Waals surface area contributed by atoms with Gasteiger partial charge in [-0.05, 0) is 12.0 Å². The molecule has 1 heterocycles. The maximum Gasteiger partial charge on any atom is 0.122 e. The van der Waals surface area contributed by atoms with Gasteiger partial charge in [0.05, 0.1) is 13.2 Å². The third kappa shape index (κ3) is 4.50. The number of benzene rings is 1. The monoisotopic (exact) mass is 259 g/mol. The van der Waals surface area contributed by atoms with Crippen LogP contribution in [0.15, 0.2) is 42.7 Å². The number of hydrogen-bond donors (Lipinski definition) is 1. The van der Waals surface area contributed by atoms with Gasteiger partial charge in [-0.15, -0.1) is 0 Å². The van der Waals surface area contributed by atoms with E-state index in [1.165, 1.54) is 5.56 Å². The van der Waals surface area contributed by atoms with Gasteiger partial charge in [-0.1, -0.05) is 30.3 Å². The molecule has 2 rings (SSSR count). The summed E-state index contributed by atoms with van der Waals surface area (Å²) in [6.45, 7) is 3.32. The van der Waals surface area contributed by atoms with Crippen LogP contribution >= 0.6 is 0 Å². The molecule has 0 aliphatic rings. The van der Waals surface area contributed by atoms with Crippen LogP contribution in [0.1, 0.15) is 11.4 Å². The predicted molar refractivity (Wildman–Crippen MR) is 76.0 cm³/mol. The maximum absolute atomic E-state index is 5.01. The number of aromatic nitrogens is 2. The van der Waals surface area contributed by atoms with Crippen molar-refractivity contribution >= 4 is 0 Å². The lowest BCUT2D eigenvalue weighted by atomic mass is 10.1. The number of imidazole rings is 1. The van der Waals surface area contributed by atoms with Crippen molar-refractivity contribution in [3.63, 3.8) is 0 Å². The summed E-state index contributed by atoms with van der Waals surface area (Å²) < 4.78 is 7.21. The fraction of sp³-hybridized carbons (Fsp3) is 0.400. The van der Waals surface area contributed by atoms with Crippen LogP contribution in [-0.4, -0.2) is 29.8 Å². The second-order valence-electron chi connectivity index (χ2n) is 4.44. The second-order valence-corrected chi connectivity index (χ2v) is 4.44. The summed E-state index contributed by atoms with van der Waals surface area (Å²) in [5.41, 5.74) is 1.36. The molecule has 19 heavy (non-hydrogen) atoms. The van der Waals surface area contributed by atoms with Gasteiger partial charge in [0.1, 0.15) is 5.82 Å². The van der Waals surface area contributed by atoms with Gasteiger partial charge in [-0.3, -0.25) is 0 Å². The standard InChI is InChI=1S/C15H21N3O/c1-19-12-9-16-13-15-17-8-11-18(15)10-7-14-5-3-2-4-6-14/h2-6,8,11,16H,7,9-10,12-13H2,1H3. The molecule has 4 heteroatoms. The minimum atomic E-state index is 0.727. The number of nitrogens with one attached hydrogen (secondary N) is 1.